The molecular formula is C13H16F2O. The Hall–Kier alpha value is -1.22. The molecule has 1 aromatic rings. The zero-order valence-corrected chi connectivity index (χ0v) is 9.56. The lowest BCUT2D eigenvalue weighted by atomic mass is 9.99. The molecule has 0 aliphatic carbocycles. The molecule has 1 nitrogen and oxygen atoms in total. The largest absolute Gasteiger partial charge is 0.388 e. The molecule has 0 aromatic heterocycles. The fourth-order valence-corrected chi connectivity index (χ4v) is 1.51. The molecular weight excluding hydrogens is 210 g/mol. The van der Waals surface area contributed by atoms with Crippen LogP contribution in [0, 0.1) is 18.6 Å². The number of aliphatic hydroxyl groups is 1. The third kappa shape index (κ3) is 2.89. The SMILES string of the molecule is C=C(C)CCC(O)c1c(F)ccc(C)c1F. The maximum absolute atomic E-state index is 13.6. The van der Waals surface area contributed by atoms with E-state index in [1.54, 1.807) is 6.92 Å². The summed E-state index contributed by atoms with van der Waals surface area (Å²) in [5.74, 6) is -1.36. The third-order valence-electron chi connectivity index (χ3n) is 2.50. The van der Waals surface area contributed by atoms with Crippen molar-refractivity contribution in [3.05, 3.63) is 47.0 Å². The van der Waals surface area contributed by atoms with Gasteiger partial charge in [-0.3, -0.25) is 0 Å². The maximum atomic E-state index is 13.6. The number of allylic oxidation sites excluding steroid dienone is 1. The summed E-state index contributed by atoms with van der Waals surface area (Å²) < 4.78 is 27.0. The lowest BCUT2D eigenvalue weighted by Crippen LogP contribution is -2.06. The summed E-state index contributed by atoms with van der Waals surface area (Å²) in [5.41, 5.74) is 0.986. The predicted molar refractivity (Wildman–Crippen MR) is 60.1 cm³/mol. The maximum Gasteiger partial charge on any atom is 0.134 e. The van der Waals surface area contributed by atoms with Gasteiger partial charge in [-0.25, -0.2) is 8.78 Å². The Bertz CT molecular complexity index is 399. The van der Waals surface area contributed by atoms with Crippen LogP contribution in [0.3, 0.4) is 0 Å². The topological polar surface area (TPSA) is 20.2 Å². The standard InChI is InChI=1S/C13H16F2O/c1-8(2)4-7-11(16)12-10(14)6-5-9(3)13(12)15/h5-6,11,16H,1,4,7H2,2-3H3. The Kier molecular flexibility index (Phi) is 4.19. The second-order valence-corrected chi connectivity index (χ2v) is 4.10. The first-order valence-corrected chi connectivity index (χ1v) is 5.20. The third-order valence-corrected chi connectivity index (χ3v) is 2.50. The molecule has 0 bridgehead atoms. The first-order valence-electron chi connectivity index (χ1n) is 5.20. The highest BCUT2D eigenvalue weighted by Crippen LogP contribution is 2.27. The molecule has 0 saturated carbocycles. The van der Waals surface area contributed by atoms with E-state index >= 15 is 0 Å². The Morgan fingerprint density at radius 2 is 2.06 bits per heavy atom. The molecule has 0 saturated heterocycles. The number of hydrogen-bond donors (Lipinski definition) is 1. The number of halogens is 2. The molecule has 1 atom stereocenters. The molecule has 0 heterocycles. The first-order chi connectivity index (χ1) is 7.43. The smallest absolute Gasteiger partial charge is 0.134 e. The number of benzene rings is 1. The number of hydrogen-bond acceptors (Lipinski definition) is 1. The Labute approximate surface area is 94.4 Å². The van der Waals surface area contributed by atoms with E-state index < -0.39 is 17.7 Å². The molecule has 0 spiro atoms. The molecule has 1 N–H and O–H groups in total. The van der Waals surface area contributed by atoms with E-state index in [2.05, 4.69) is 6.58 Å². The van der Waals surface area contributed by atoms with Crippen molar-refractivity contribution >= 4 is 0 Å². The van der Waals surface area contributed by atoms with Gasteiger partial charge in [-0.15, -0.1) is 6.58 Å². The van der Waals surface area contributed by atoms with Crippen molar-refractivity contribution in [1.82, 2.24) is 0 Å². The number of aryl methyl sites for hydroxylation is 1. The van der Waals surface area contributed by atoms with Crippen molar-refractivity contribution in [1.29, 1.82) is 0 Å². The Balaban J connectivity index is 2.94. The summed E-state index contributed by atoms with van der Waals surface area (Å²) in [6.07, 6.45) is -0.280. The first kappa shape index (κ1) is 12.8. The van der Waals surface area contributed by atoms with Crippen molar-refractivity contribution in [2.24, 2.45) is 0 Å². The highest BCUT2D eigenvalue weighted by molar-refractivity contribution is 5.28. The predicted octanol–water partition coefficient (Wildman–Crippen LogP) is 3.66. The summed E-state index contributed by atoms with van der Waals surface area (Å²) in [5, 5.41) is 9.73. The number of rotatable bonds is 4. The average molecular weight is 226 g/mol. The molecule has 0 aliphatic heterocycles. The van der Waals surface area contributed by atoms with Crippen molar-refractivity contribution in [2.45, 2.75) is 32.8 Å². The lowest BCUT2D eigenvalue weighted by Gasteiger charge is -2.14. The van der Waals surface area contributed by atoms with Crippen LogP contribution in [0.15, 0.2) is 24.3 Å². The molecule has 1 rings (SSSR count). The van der Waals surface area contributed by atoms with Gasteiger partial charge in [-0.05, 0) is 38.3 Å². The van der Waals surface area contributed by atoms with Gasteiger partial charge in [0.05, 0.1) is 11.7 Å². The summed E-state index contributed by atoms with van der Waals surface area (Å²) in [6, 6.07) is 2.54. The lowest BCUT2D eigenvalue weighted by molar-refractivity contribution is 0.158. The monoisotopic (exact) mass is 226 g/mol. The summed E-state index contributed by atoms with van der Waals surface area (Å²) in [6.45, 7) is 7.05. The van der Waals surface area contributed by atoms with E-state index in [0.29, 0.717) is 12.0 Å². The molecule has 0 aliphatic rings. The summed E-state index contributed by atoms with van der Waals surface area (Å²) in [7, 11) is 0. The van der Waals surface area contributed by atoms with E-state index in [1.165, 1.54) is 12.1 Å². The quantitative estimate of drug-likeness (QED) is 0.777. The van der Waals surface area contributed by atoms with Crippen molar-refractivity contribution in [3.8, 4) is 0 Å². The van der Waals surface area contributed by atoms with Gasteiger partial charge in [-0.1, -0.05) is 11.6 Å². The summed E-state index contributed by atoms with van der Waals surface area (Å²) >= 11 is 0. The van der Waals surface area contributed by atoms with Crippen LogP contribution in [0.1, 0.15) is 37.0 Å². The second-order valence-electron chi connectivity index (χ2n) is 4.10. The molecule has 1 aromatic carbocycles. The zero-order valence-electron chi connectivity index (χ0n) is 9.56. The van der Waals surface area contributed by atoms with Gasteiger partial charge >= 0.3 is 0 Å². The van der Waals surface area contributed by atoms with E-state index in [-0.39, 0.29) is 12.0 Å². The normalized spacial score (nSPS) is 12.6. The van der Waals surface area contributed by atoms with E-state index in [0.717, 1.165) is 5.57 Å². The molecule has 0 radical (unpaired) electrons. The van der Waals surface area contributed by atoms with Crippen LogP contribution in [-0.2, 0) is 0 Å². The second kappa shape index (κ2) is 5.21. The van der Waals surface area contributed by atoms with E-state index in [1.807, 2.05) is 6.92 Å². The molecule has 88 valence electrons. The Morgan fingerprint density at radius 3 is 2.62 bits per heavy atom. The van der Waals surface area contributed by atoms with Gasteiger partial charge in [0, 0.05) is 0 Å². The molecule has 3 heteroatoms. The van der Waals surface area contributed by atoms with Crippen molar-refractivity contribution < 1.29 is 13.9 Å². The van der Waals surface area contributed by atoms with Crippen LogP contribution >= 0.6 is 0 Å². The molecule has 0 fully saturated rings. The van der Waals surface area contributed by atoms with E-state index in [9.17, 15) is 13.9 Å². The van der Waals surface area contributed by atoms with Gasteiger partial charge in [0.25, 0.3) is 0 Å². The zero-order chi connectivity index (χ0) is 12.3. The van der Waals surface area contributed by atoms with Gasteiger partial charge in [-0.2, -0.15) is 0 Å². The minimum atomic E-state index is -1.11. The van der Waals surface area contributed by atoms with Crippen molar-refractivity contribution in [2.75, 3.05) is 0 Å². The fraction of sp³-hybridized carbons (Fsp3) is 0.385. The van der Waals surface area contributed by atoms with Crippen molar-refractivity contribution in [3.63, 3.8) is 0 Å². The fourth-order valence-electron chi connectivity index (χ4n) is 1.51. The average Bonchev–Trinajstić information content (AvgIpc) is 2.21. The van der Waals surface area contributed by atoms with Gasteiger partial charge in [0.15, 0.2) is 0 Å². The minimum Gasteiger partial charge on any atom is -0.388 e. The van der Waals surface area contributed by atoms with Crippen LogP contribution in [0.25, 0.3) is 0 Å². The molecule has 1 unspecified atom stereocenters. The summed E-state index contributed by atoms with van der Waals surface area (Å²) in [4.78, 5) is 0. The van der Waals surface area contributed by atoms with Crippen LogP contribution in [-0.4, -0.2) is 5.11 Å². The van der Waals surface area contributed by atoms with E-state index in [4.69, 9.17) is 0 Å². The van der Waals surface area contributed by atoms with Gasteiger partial charge in [0.2, 0.25) is 0 Å². The van der Waals surface area contributed by atoms with Crippen LogP contribution in [0.2, 0.25) is 0 Å². The van der Waals surface area contributed by atoms with Gasteiger partial charge in [0.1, 0.15) is 11.6 Å². The highest BCUT2D eigenvalue weighted by atomic mass is 19.1. The van der Waals surface area contributed by atoms with Crippen LogP contribution in [0.4, 0.5) is 8.78 Å². The van der Waals surface area contributed by atoms with Crippen LogP contribution in [0.5, 0.6) is 0 Å². The van der Waals surface area contributed by atoms with Gasteiger partial charge < -0.3 is 5.11 Å². The molecule has 16 heavy (non-hydrogen) atoms. The van der Waals surface area contributed by atoms with Crippen LogP contribution < -0.4 is 0 Å². The molecule has 0 amide bonds. The minimum absolute atomic E-state index is 0.235. The Morgan fingerprint density at radius 1 is 1.44 bits per heavy atom. The highest BCUT2D eigenvalue weighted by Gasteiger charge is 2.19. The number of aliphatic hydroxyl groups excluding tert-OH is 1.